The molecule has 1 saturated heterocycles. The summed E-state index contributed by atoms with van der Waals surface area (Å²) in [6.07, 6.45) is 1.26. The molecule has 31 heavy (non-hydrogen) atoms. The Kier molecular flexibility index (Phi) is 6.78. The molecular weight excluding hydrogens is 452 g/mol. The molecule has 1 aromatic carbocycles. The summed E-state index contributed by atoms with van der Waals surface area (Å²) in [4.78, 5) is 13.8. The van der Waals surface area contributed by atoms with Gasteiger partial charge >= 0.3 is 0 Å². The molecule has 1 aliphatic heterocycles. The minimum absolute atomic E-state index is 0.0845. The molecule has 3 heterocycles. The highest BCUT2D eigenvalue weighted by atomic mass is 32.2. The van der Waals surface area contributed by atoms with Crippen molar-refractivity contribution < 1.29 is 13.2 Å². The van der Waals surface area contributed by atoms with Gasteiger partial charge < -0.3 is 9.88 Å². The topological polar surface area (TPSA) is 93.9 Å². The van der Waals surface area contributed by atoms with Gasteiger partial charge in [0.15, 0.2) is 15.0 Å². The summed E-state index contributed by atoms with van der Waals surface area (Å²) in [7, 11) is -1.05. The highest BCUT2D eigenvalue weighted by molar-refractivity contribution is 7.99. The van der Waals surface area contributed by atoms with E-state index in [1.54, 1.807) is 11.3 Å². The van der Waals surface area contributed by atoms with Gasteiger partial charge in [0.25, 0.3) is 0 Å². The van der Waals surface area contributed by atoms with E-state index in [-0.39, 0.29) is 35.1 Å². The maximum Gasteiger partial charge on any atom is 0.231 e. The number of benzene rings is 1. The van der Waals surface area contributed by atoms with Crippen LogP contribution < -0.4 is 5.32 Å². The van der Waals surface area contributed by atoms with Crippen LogP contribution >= 0.6 is 23.1 Å². The standard InChI is InChI=1S/C21H24N4O3S3/c1-25-18(12-15-9-11-31(27,28)14-15)23-24-21(25)30-13-19(26)22-20(17-8-5-10-29-17)16-6-3-2-4-7-16/h2-8,10,15,20H,9,11-14H2,1H3,(H,22,26)/t15-,20-/m1/s1. The van der Waals surface area contributed by atoms with Crippen LogP contribution in [0.3, 0.4) is 0 Å². The van der Waals surface area contributed by atoms with Gasteiger partial charge in [0.2, 0.25) is 5.91 Å². The van der Waals surface area contributed by atoms with E-state index in [0.29, 0.717) is 18.0 Å². The van der Waals surface area contributed by atoms with Gasteiger partial charge in [-0.25, -0.2) is 8.42 Å². The molecule has 0 bridgehead atoms. The Morgan fingerprint density at radius 2 is 2.06 bits per heavy atom. The molecule has 7 nitrogen and oxygen atoms in total. The lowest BCUT2D eigenvalue weighted by atomic mass is 10.1. The number of carbonyl (C=O) groups is 1. The number of hydrogen-bond acceptors (Lipinski definition) is 7. The van der Waals surface area contributed by atoms with Crippen LogP contribution in [0.2, 0.25) is 0 Å². The molecule has 1 fully saturated rings. The van der Waals surface area contributed by atoms with Crippen LogP contribution in [0.25, 0.3) is 0 Å². The Hall–Kier alpha value is -2.17. The molecule has 0 saturated carbocycles. The maximum atomic E-state index is 12.7. The first kappa shape index (κ1) is 22.0. The second-order valence-corrected chi connectivity index (χ2v) is 11.8. The first-order valence-corrected chi connectivity index (χ1v) is 13.7. The molecule has 10 heteroatoms. The zero-order chi connectivity index (χ0) is 21.8. The normalized spacial score (nSPS) is 18.7. The number of amides is 1. The molecule has 1 N–H and O–H groups in total. The lowest BCUT2D eigenvalue weighted by molar-refractivity contribution is -0.119. The van der Waals surface area contributed by atoms with Gasteiger partial charge in [-0.1, -0.05) is 48.2 Å². The molecule has 2 aromatic heterocycles. The van der Waals surface area contributed by atoms with Crippen LogP contribution in [0.1, 0.15) is 28.7 Å². The predicted molar refractivity (Wildman–Crippen MR) is 123 cm³/mol. The lowest BCUT2D eigenvalue weighted by Gasteiger charge is -2.18. The van der Waals surface area contributed by atoms with Crippen molar-refractivity contribution in [1.29, 1.82) is 0 Å². The van der Waals surface area contributed by atoms with Gasteiger partial charge in [0, 0.05) is 18.3 Å². The zero-order valence-electron chi connectivity index (χ0n) is 17.1. The van der Waals surface area contributed by atoms with Crippen molar-refractivity contribution in [2.45, 2.75) is 24.0 Å². The van der Waals surface area contributed by atoms with E-state index in [4.69, 9.17) is 0 Å². The van der Waals surface area contributed by atoms with Crippen LogP contribution in [-0.4, -0.2) is 46.3 Å². The minimum Gasteiger partial charge on any atom is -0.344 e. The van der Waals surface area contributed by atoms with E-state index in [1.165, 1.54) is 11.8 Å². The average Bonchev–Trinajstić information content (AvgIpc) is 3.48. The summed E-state index contributed by atoms with van der Waals surface area (Å²) >= 11 is 2.94. The zero-order valence-corrected chi connectivity index (χ0v) is 19.5. The summed E-state index contributed by atoms with van der Waals surface area (Å²) in [5, 5.41) is 14.2. The van der Waals surface area contributed by atoms with Crippen molar-refractivity contribution in [3.63, 3.8) is 0 Å². The third-order valence-corrected chi connectivity index (χ3v) is 9.12. The number of carbonyl (C=O) groups excluding carboxylic acids is 1. The van der Waals surface area contributed by atoms with E-state index in [1.807, 2.05) is 59.5 Å². The number of thiophene rings is 1. The Labute approximate surface area is 190 Å². The number of hydrogen-bond donors (Lipinski definition) is 1. The van der Waals surface area contributed by atoms with Gasteiger partial charge in [-0.3, -0.25) is 4.79 Å². The van der Waals surface area contributed by atoms with E-state index < -0.39 is 9.84 Å². The summed E-state index contributed by atoms with van der Waals surface area (Å²) in [5.74, 6) is 1.45. The van der Waals surface area contributed by atoms with Crippen LogP contribution in [-0.2, 0) is 28.1 Å². The molecule has 164 valence electrons. The van der Waals surface area contributed by atoms with Crippen LogP contribution in [0.5, 0.6) is 0 Å². The van der Waals surface area contributed by atoms with Gasteiger partial charge in [0.05, 0.1) is 23.3 Å². The SMILES string of the molecule is Cn1c(C[C@H]2CCS(=O)(=O)C2)nnc1SCC(=O)N[C@H](c1ccccc1)c1cccs1. The fourth-order valence-corrected chi connectivity index (χ4v) is 7.10. The smallest absolute Gasteiger partial charge is 0.231 e. The lowest BCUT2D eigenvalue weighted by Crippen LogP contribution is -2.30. The molecular formula is C21H24N4O3S3. The number of rotatable bonds is 8. The molecule has 0 spiro atoms. The van der Waals surface area contributed by atoms with Gasteiger partial charge in [-0.2, -0.15) is 0 Å². The number of thioether (sulfide) groups is 1. The van der Waals surface area contributed by atoms with Crippen molar-refractivity contribution in [3.05, 3.63) is 64.1 Å². The molecule has 1 amide bonds. The van der Waals surface area contributed by atoms with Crippen molar-refractivity contribution >= 4 is 38.8 Å². The fourth-order valence-electron chi connectivity index (χ4n) is 3.69. The second kappa shape index (κ2) is 9.54. The highest BCUT2D eigenvalue weighted by Gasteiger charge is 2.29. The van der Waals surface area contributed by atoms with Crippen molar-refractivity contribution in [2.75, 3.05) is 17.3 Å². The van der Waals surface area contributed by atoms with Crippen LogP contribution in [0, 0.1) is 5.92 Å². The van der Waals surface area contributed by atoms with E-state index in [9.17, 15) is 13.2 Å². The number of nitrogens with one attached hydrogen (secondary N) is 1. The highest BCUT2D eigenvalue weighted by Crippen LogP contribution is 2.27. The number of aromatic nitrogens is 3. The minimum atomic E-state index is -2.91. The Morgan fingerprint density at radius 1 is 1.26 bits per heavy atom. The summed E-state index contributed by atoms with van der Waals surface area (Å²) in [6.45, 7) is 0. The molecule has 0 aliphatic carbocycles. The summed E-state index contributed by atoms with van der Waals surface area (Å²) in [6, 6.07) is 13.7. The van der Waals surface area contributed by atoms with Crippen molar-refractivity contribution in [2.24, 2.45) is 13.0 Å². The third kappa shape index (κ3) is 5.55. The van der Waals surface area contributed by atoms with Gasteiger partial charge in [-0.05, 0) is 29.3 Å². The van der Waals surface area contributed by atoms with Gasteiger partial charge in [0.1, 0.15) is 5.82 Å². The van der Waals surface area contributed by atoms with E-state index in [2.05, 4.69) is 15.5 Å². The molecule has 2 atom stereocenters. The Balaban J connectivity index is 1.37. The van der Waals surface area contributed by atoms with Crippen LogP contribution in [0.15, 0.2) is 53.0 Å². The Morgan fingerprint density at radius 3 is 2.74 bits per heavy atom. The second-order valence-electron chi connectivity index (χ2n) is 7.65. The fraction of sp³-hybridized carbons (Fsp3) is 0.381. The average molecular weight is 477 g/mol. The first-order valence-electron chi connectivity index (χ1n) is 10.0. The molecule has 0 unspecified atom stereocenters. The van der Waals surface area contributed by atoms with E-state index >= 15 is 0 Å². The van der Waals surface area contributed by atoms with Crippen molar-refractivity contribution in [1.82, 2.24) is 20.1 Å². The summed E-state index contributed by atoms with van der Waals surface area (Å²) < 4.78 is 25.2. The van der Waals surface area contributed by atoms with E-state index in [0.717, 1.165) is 16.3 Å². The van der Waals surface area contributed by atoms with Crippen LogP contribution in [0.4, 0.5) is 0 Å². The molecule has 4 rings (SSSR count). The first-order chi connectivity index (χ1) is 14.9. The quantitative estimate of drug-likeness (QED) is 0.503. The van der Waals surface area contributed by atoms with Gasteiger partial charge in [-0.15, -0.1) is 21.5 Å². The molecule has 0 radical (unpaired) electrons. The van der Waals surface area contributed by atoms with Crippen molar-refractivity contribution in [3.8, 4) is 0 Å². The monoisotopic (exact) mass is 476 g/mol. The number of nitrogens with zero attached hydrogens (tertiary/aromatic N) is 3. The third-order valence-electron chi connectivity index (χ3n) is 5.32. The largest absolute Gasteiger partial charge is 0.344 e. The molecule has 1 aliphatic rings. The Bertz CT molecular complexity index is 1130. The maximum absolute atomic E-state index is 12.7. The molecule has 3 aromatic rings. The number of sulfone groups is 1. The predicted octanol–water partition coefficient (Wildman–Crippen LogP) is 2.85. The summed E-state index contributed by atoms with van der Waals surface area (Å²) in [5.41, 5.74) is 1.04.